The second-order valence-corrected chi connectivity index (χ2v) is 3.05. The Hall–Kier alpha value is -1.44. The van der Waals surface area contributed by atoms with Gasteiger partial charge in [-0.05, 0) is 36.1 Å². The van der Waals surface area contributed by atoms with Crippen LogP contribution in [0, 0.1) is 0 Å². The average molecular weight is 161 g/mol. The lowest BCUT2D eigenvalue weighted by Gasteiger charge is -2.11. The molecule has 0 radical (unpaired) electrons. The molecule has 1 aromatic rings. The molecule has 0 aliphatic heterocycles. The summed E-state index contributed by atoms with van der Waals surface area (Å²) in [5.74, 6) is 0.181. The van der Waals surface area contributed by atoms with E-state index in [9.17, 15) is 5.11 Å². The van der Waals surface area contributed by atoms with Gasteiger partial charge in [0.05, 0.1) is 5.69 Å². The minimum Gasteiger partial charge on any atom is -0.506 e. The van der Waals surface area contributed by atoms with Gasteiger partial charge in [0.1, 0.15) is 5.75 Å². The van der Waals surface area contributed by atoms with Crippen molar-refractivity contribution in [3.05, 3.63) is 29.3 Å². The van der Waals surface area contributed by atoms with E-state index in [1.165, 1.54) is 5.56 Å². The number of allylic oxidation sites excluding steroid dienone is 1. The molecule has 1 aliphatic rings. The minimum absolute atomic E-state index is 0.181. The van der Waals surface area contributed by atoms with Crippen LogP contribution in [0.3, 0.4) is 0 Å². The van der Waals surface area contributed by atoms with E-state index >= 15 is 0 Å². The zero-order chi connectivity index (χ0) is 8.55. The number of nitrogens with two attached hydrogens (primary N) is 1. The van der Waals surface area contributed by atoms with E-state index in [-0.39, 0.29) is 5.75 Å². The molecule has 2 heteroatoms. The van der Waals surface area contributed by atoms with Crippen LogP contribution in [0.1, 0.15) is 17.5 Å². The van der Waals surface area contributed by atoms with E-state index < -0.39 is 0 Å². The lowest BCUT2D eigenvalue weighted by molar-refractivity contribution is 0.477. The number of anilines is 1. The monoisotopic (exact) mass is 161 g/mol. The van der Waals surface area contributed by atoms with E-state index in [0.29, 0.717) is 5.69 Å². The summed E-state index contributed by atoms with van der Waals surface area (Å²) in [6, 6.07) is 3.58. The van der Waals surface area contributed by atoms with Crippen LogP contribution >= 0.6 is 0 Å². The van der Waals surface area contributed by atoms with Gasteiger partial charge in [-0.1, -0.05) is 12.2 Å². The molecule has 2 rings (SSSR count). The van der Waals surface area contributed by atoms with Crippen LogP contribution in [-0.2, 0) is 6.42 Å². The van der Waals surface area contributed by atoms with Crippen molar-refractivity contribution in [2.75, 3.05) is 5.73 Å². The minimum atomic E-state index is 0.181. The number of aryl methyl sites for hydroxylation is 1. The highest BCUT2D eigenvalue weighted by Crippen LogP contribution is 2.28. The van der Waals surface area contributed by atoms with Gasteiger partial charge in [0.2, 0.25) is 0 Å². The van der Waals surface area contributed by atoms with Gasteiger partial charge < -0.3 is 10.8 Å². The van der Waals surface area contributed by atoms with Crippen molar-refractivity contribution in [1.29, 1.82) is 0 Å². The first-order valence-corrected chi connectivity index (χ1v) is 4.05. The Bertz CT molecular complexity index is 342. The van der Waals surface area contributed by atoms with Gasteiger partial charge in [0, 0.05) is 0 Å². The molecule has 0 amide bonds. The normalized spacial score (nSPS) is 14.3. The Labute approximate surface area is 71.3 Å². The summed E-state index contributed by atoms with van der Waals surface area (Å²) >= 11 is 0. The largest absolute Gasteiger partial charge is 0.506 e. The smallest absolute Gasteiger partial charge is 0.139 e. The van der Waals surface area contributed by atoms with Crippen molar-refractivity contribution in [3.8, 4) is 5.75 Å². The Morgan fingerprint density at radius 1 is 1.33 bits per heavy atom. The summed E-state index contributed by atoms with van der Waals surface area (Å²) in [7, 11) is 0. The van der Waals surface area contributed by atoms with Crippen molar-refractivity contribution >= 4 is 11.8 Å². The molecule has 12 heavy (non-hydrogen) atoms. The SMILES string of the molecule is Nc1cc2c(cc1O)C=CCC2. The Morgan fingerprint density at radius 3 is 3.00 bits per heavy atom. The van der Waals surface area contributed by atoms with Gasteiger partial charge in [-0.25, -0.2) is 0 Å². The molecule has 0 spiro atoms. The first kappa shape index (κ1) is 7.22. The third-order valence-electron chi connectivity index (χ3n) is 2.17. The van der Waals surface area contributed by atoms with E-state index in [0.717, 1.165) is 18.4 Å². The maximum atomic E-state index is 9.32. The van der Waals surface area contributed by atoms with Gasteiger partial charge >= 0.3 is 0 Å². The number of hydrogen-bond acceptors (Lipinski definition) is 2. The predicted molar refractivity (Wildman–Crippen MR) is 49.9 cm³/mol. The highest BCUT2D eigenvalue weighted by atomic mass is 16.3. The molecule has 62 valence electrons. The second-order valence-electron chi connectivity index (χ2n) is 3.05. The maximum absolute atomic E-state index is 9.32. The lowest BCUT2D eigenvalue weighted by Crippen LogP contribution is -1.96. The first-order chi connectivity index (χ1) is 5.77. The van der Waals surface area contributed by atoms with Crippen molar-refractivity contribution in [2.45, 2.75) is 12.8 Å². The fraction of sp³-hybridized carbons (Fsp3) is 0.200. The molecule has 0 aromatic heterocycles. The first-order valence-electron chi connectivity index (χ1n) is 4.05. The molecule has 0 atom stereocenters. The molecule has 3 N–H and O–H groups in total. The quantitative estimate of drug-likeness (QED) is 0.451. The predicted octanol–water partition coefficient (Wildman–Crippen LogP) is 1.93. The molecular weight excluding hydrogens is 150 g/mol. The van der Waals surface area contributed by atoms with Crippen molar-refractivity contribution in [2.24, 2.45) is 0 Å². The van der Waals surface area contributed by atoms with Crippen molar-refractivity contribution in [1.82, 2.24) is 0 Å². The van der Waals surface area contributed by atoms with Crippen LogP contribution in [0.4, 0.5) is 5.69 Å². The number of nitrogen functional groups attached to an aromatic ring is 1. The molecule has 0 saturated heterocycles. The molecule has 0 heterocycles. The van der Waals surface area contributed by atoms with Gasteiger partial charge in [0.25, 0.3) is 0 Å². The molecule has 2 nitrogen and oxygen atoms in total. The zero-order valence-corrected chi connectivity index (χ0v) is 6.75. The van der Waals surface area contributed by atoms with Gasteiger partial charge in [-0.15, -0.1) is 0 Å². The number of phenols is 1. The third kappa shape index (κ3) is 1.05. The summed E-state index contributed by atoms with van der Waals surface area (Å²) < 4.78 is 0. The fourth-order valence-corrected chi connectivity index (χ4v) is 1.49. The highest BCUT2D eigenvalue weighted by molar-refractivity contribution is 5.65. The molecule has 0 fully saturated rings. The van der Waals surface area contributed by atoms with Gasteiger partial charge in [-0.2, -0.15) is 0 Å². The average Bonchev–Trinajstić information content (AvgIpc) is 2.07. The number of rotatable bonds is 0. The Morgan fingerprint density at radius 2 is 2.17 bits per heavy atom. The summed E-state index contributed by atoms with van der Waals surface area (Å²) in [6.45, 7) is 0. The van der Waals surface area contributed by atoms with E-state index in [1.807, 2.05) is 12.1 Å². The van der Waals surface area contributed by atoms with E-state index in [2.05, 4.69) is 6.08 Å². The molecule has 1 aliphatic carbocycles. The number of fused-ring (bicyclic) bond motifs is 1. The van der Waals surface area contributed by atoms with E-state index in [1.54, 1.807) is 6.07 Å². The zero-order valence-electron chi connectivity index (χ0n) is 6.75. The highest BCUT2D eigenvalue weighted by Gasteiger charge is 2.07. The van der Waals surface area contributed by atoms with Gasteiger partial charge in [0.15, 0.2) is 0 Å². The van der Waals surface area contributed by atoms with Crippen LogP contribution in [0.5, 0.6) is 5.75 Å². The Balaban J connectivity index is 2.58. The standard InChI is InChI=1S/C10H11NO/c11-9-5-7-3-1-2-4-8(7)6-10(9)12/h2,4-6,12H,1,3,11H2. The fourth-order valence-electron chi connectivity index (χ4n) is 1.49. The maximum Gasteiger partial charge on any atom is 0.139 e. The van der Waals surface area contributed by atoms with E-state index in [4.69, 9.17) is 5.73 Å². The van der Waals surface area contributed by atoms with Crippen LogP contribution in [0.15, 0.2) is 18.2 Å². The summed E-state index contributed by atoms with van der Waals surface area (Å²) in [5.41, 5.74) is 8.37. The molecular formula is C10H11NO. The van der Waals surface area contributed by atoms with Crippen molar-refractivity contribution < 1.29 is 5.11 Å². The molecule has 0 bridgehead atoms. The van der Waals surface area contributed by atoms with Crippen LogP contribution in [0.2, 0.25) is 0 Å². The topological polar surface area (TPSA) is 46.2 Å². The lowest BCUT2D eigenvalue weighted by atomic mass is 9.96. The third-order valence-corrected chi connectivity index (χ3v) is 2.17. The number of hydrogen-bond donors (Lipinski definition) is 2. The van der Waals surface area contributed by atoms with Crippen LogP contribution in [0.25, 0.3) is 6.08 Å². The number of benzene rings is 1. The Kier molecular flexibility index (Phi) is 1.54. The second kappa shape index (κ2) is 2.55. The number of aromatic hydroxyl groups is 1. The molecule has 0 saturated carbocycles. The molecule has 0 unspecified atom stereocenters. The van der Waals surface area contributed by atoms with Crippen molar-refractivity contribution in [3.63, 3.8) is 0 Å². The molecule has 1 aromatic carbocycles. The van der Waals surface area contributed by atoms with Crippen LogP contribution < -0.4 is 5.73 Å². The van der Waals surface area contributed by atoms with Gasteiger partial charge in [-0.3, -0.25) is 0 Å². The van der Waals surface area contributed by atoms with Crippen LogP contribution in [-0.4, -0.2) is 5.11 Å². The summed E-state index contributed by atoms with van der Waals surface area (Å²) in [5, 5.41) is 9.32. The number of phenolic OH excluding ortho intramolecular Hbond substituents is 1. The summed E-state index contributed by atoms with van der Waals surface area (Å²) in [6.07, 6.45) is 6.23. The summed E-state index contributed by atoms with van der Waals surface area (Å²) in [4.78, 5) is 0.